The van der Waals surface area contributed by atoms with Gasteiger partial charge < -0.3 is 14.2 Å². The summed E-state index contributed by atoms with van der Waals surface area (Å²) in [4.78, 5) is 10.3. The van der Waals surface area contributed by atoms with E-state index in [1.807, 2.05) is 0 Å². The van der Waals surface area contributed by atoms with Crippen LogP contribution in [0.2, 0.25) is 0 Å². The number of rotatable bonds is 4. The third-order valence-corrected chi connectivity index (χ3v) is 6.69. The monoisotopic (exact) mass is 400 g/mol. The summed E-state index contributed by atoms with van der Waals surface area (Å²) in [5.41, 5.74) is 6.26. The zero-order valence-electron chi connectivity index (χ0n) is 17.4. The molecule has 2 aromatic carbocycles. The number of ether oxygens (including phenoxy) is 1. The van der Waals surface area contributed by atoms with Gasteiger partial charge in [0.05, 0.1) is 41.0 Å². The van der Waals surface area contributed by atoms with Crippen LogP contribution in [0.1, 0.15) is 12.8 Å². The molecule has 0 radical (unpaired) electrons. The smallest absolute Gasteiger partial charge is 0.0988 e. The van der Waals surface area contributed by atoms with E-state index in [1.54, 1.807) is 0 Å². The highest BCUT2D eigenvalue weighted by molar-refractivity contribution is 6.16. The molecular weight excluding hydrogens is 372 g/mol. The first-order valence-electron chi connectivity index (χ1n) is 11.2. The van der Waals surface area contributed by atoms with Crippen molar-refractivity contribution >= 4 is 38.5 Å². The lowest BCUT2D eigenvalue weighted by Gasteiger charge is -2.29. The molecule has 154 valence electrons. The number of anilines is 1. The van der Waals surface area contributed by atoms with E-state index in [4.69, 9.17) is 9.72 Å². The fraction of sp³-hybridized carbons (Fsp3) is 0.400. The number of aryl methyl sites for hydroxylation is 1. The molecule has 0 saturated carbocycles. The van der Waals surface area contributed by atoms with Gasteiger partial charge in [0.2, 0.25) is 0 Å². The van der Waals surface area contributed by atoms with Crippen molar-refractivity contribution < 1.29 is 4.74 Å². The normalized spacial score (nSPS) is 17.8. The number of para-hydroxylation sites is 2. The standard InChI is InChI=1S/C25H28N4O/c1-3-9-21-19(7-1)24-25-23(26-21)20-8-2-4-10-22(20)29(25)14-6-13-28(24)12-5-11-27-15-17-30-18-16-27/h1-4,7-10H,5-6,11-18H2. The first-order chi connectivity index (χ1) is 14.9. The second kappa shape index (κ2) is 7.56. The highest BCUT2D eigenvalue weighted by atomic mass is 16.5. The van der Waals surface area contributed by atoms with Gasteiger partial charge in [0.1, 0.15) is 0 Å². The minimum Gasteiger partial charge on any atom is -0.379 e. The largest absolute Gasteiger partial charge is 0.379 e. The molecule has 30 heavy (non-hydrogen) atoms. The van der Waals surface area contributed by atoms with Gasteiger partial charge in [0, 0.05) is 50.0 Å². The van der Waals surface area contributed by atoms with Crippen LogP contribution in [0.15, 0.2) is 48.5 Å². The van der Waals surface area contributed by atoms with E-state index >= 15 is 0 Å². The summed E-state index contributed by atoms with van der Waals surface area (Å²) in [5.74, 6) is 0. The van der Waals surface area contributed by atoms with Gasteiger partial charge in [0.25, 0.3) is 0 Å². The summed E-state index contributed by atoms with van der Waals surface area (Å²) in [5, 5.41) is 2.55. The molecule has 2 aromatic heterocycles. The zero-order chi connectivity index (χ0) is 19.9. The van der Waals surface area contributed by atoms with Crippen LogP contribution in [-0.4, -0.2) is 60.4 Å². The van der Waals surface area contributed by atoms with E-state index in [-0.39, 0.29) is 0 Å². The van der Waals surface area contributed by atoms with Gasteiger partial charge in [-0.25, -0.2) is 4.98 Å². The van der Waals surface area contributed by atoms with E-state index in [0.717, 1.165) is 69.9 Å². The fourth-order valence-electron chi connectivity index (χ4n) is 5.28. The molecule has 6 rings (SSSR count). The predicted octanol–water partition coefficient (Wildman–Crippen LogP) is 4.28. The highest BCUT2D eigenvalue weighted by Gasteiger charge is 2.24. The lowest BCUT2D eigenvalue weighted by atomic mass is 10.1. The number of benzene rings is 2. The number of nitrogens with zero attached hydrogens (tertiary/aromatic N) is 4. The molecule has 0 N–H and O–H groups in total. The van der Waals surface area contributed by atoms with E-state index in [9.17, 15) is 0 Å². The van der Waals surface area contributed by atoms with Gasteiger partial charge in [-0.15, -0.1) is 0 Å². The van der Waals surface area contributed by atoms with Crippen molar-refractivity contribution in [2.24, 2.45) is 0 Å². The summed E-state index contributed by atoms with van der Waals surface area (Å²) >= 11 is 0. The van der Waals surface area contributed by atoms with Gasteiger partial charge in [-0.05, 0) is 25.0 Å². The van der Waals surface area contributed by atoms with Gasteiger partial charge in [-0.1, -0.05) is 36.4 Å². The lowest BCUT2D eigenvalue weighted by Crippen LogP contribution is -2.38. The maximum absolute atomic E-state index is 5.51. The molecule has 0 bridgehead atoms. The Labute approximate surface area is 176 Å². The summed E-state index contributed by atoms with van der Waals surface area (Å²) < 4.78 is 8.02. The number of morpholine rings is 1. The second-order valence-electron chi connectivity index (χ2n) is 8.49. The molecule has 0 spiro atoms. The molecule has 0 amide bonds. The average Bonchev–Trinajstić information content (AvgIpc) is 2.97. The van der Waals surface area contributed by atoms with Gasteiger partial charge in [0.15, 0.2) is 0 Å². The molecule has 1 fully saturated rings. The molecule has 0 unspecified atom stereocenters. The van der Waals surface area contributed by atoms with Gasteiger partial charge in [-0.2, -0.15) is 0 Å². The molecule has 0 aliphatic carbocycles. The van der Waals surface area contributed by atoms with Gasteiger partial charge in [-0.3, -0.25) is 4.90 Å². The number of aromatic nitrogens is 2. The van der Waals surface area contributed by atoms with Crippen LogP contribution >= 0.6 is 0 Å². The minimum absolute atomic E-state index is 0.874. The third-order valence-electron chi connectivity index (χ3n) is 6.69. The maximum atomic E-state index is 5.51. The number of pyridine rings is 1. The third kappa shape index (κ3) is 2.96. The van der Waals surface area contributed by atoms with E-state index < -0.39 is 0 Å². The number of hydrogen-bond acceptors (Lipinski definition) is 4. The first kappa shape index (κ1) is 18.2. The van der Waals surface area contributed by atoms with Crippen molar-refractivity contribution in [3.05, 3.63) is 48.5 Å². The number of hydrogen-bond donors (Lipinski definition) is 0. The lowest BCUT2D eigenvalue weighted by molar-refractivity contribution is 0.0376. The molecule has 2 aliphatic heterocycles. The molecule has 0 atom stereocenters. The quantitative estimate of drug-likeness (QED) is 0.512. The van der Waals surface area contributed by atoms with Crippen molar-refractivity contribution in [2.75, 3.05) is 50.8 Å². The Morgan fingerprint density at radius 2 is 1.63 bits per heavy atom. The second-order valence-corrected chi connectivity index (χ2v) is 8.49. The van der Waals surface area contributed by atoms with Crippen LogP contribution in [0.4, 0.5) is 5.69 Å². The Balaban J connectivity index is 1.46. The Bertz CT molecular complexity index is 1210. The fourth-order valence-corrected chi connectivity index (χ4v) is 5.28. The summed E-state index contributed by atoms with van der Waals surface area (Å²) in [6, 6.07) is 17.4. The van der Waals surface area contributed by atoms with Crippen LogP contribution in [0.3, 0.4) is 0 Å². The Hall–Kier alpha value is -2.63. The molecule has 2 aliphatic rings. The first-order valence-corrected chi connectivity index (χ1v) is 11.2. The molecular formula is C25H28N4O. The predicted molar refractivity (Wildman–Crippen MR) is 123 cm³/mol. The van der Waals surface area contributed by atoms with Crippen LogP contribution in [-0.2, 0) is 11.3 Å². The van der Waals surface area contributed by atoms with Crippen LogP contribution in [0.25, 0.3) is 32.8 Å². The van der Waals surface area contributed by atoms with Crippen molar-refractivity contribution in [3.63, 3.8) is 0 Å². The van der Waals surface area contributed by atoms with Crippen LogP contribution in [0.5, 0.6) is 0 Å². The molecule has 4 heterocycles. The van der Waals surface area contributed by atoms with Crippen molar-refractivity contribution in [2.45, 2.75) is 19.4 Å². The Morgan fingerprint density at radius 3 is 2.53 bits per heavy atom. The van der Waals surface area contributed by atoms with E-state index in [0.29, 0.717) is 0 Å². The average molecular weight is 401 g/mol. The van der Waals surface area contributed by atoms with E-state index in [1.165, 1.54) is 33.9 Å². The summed E-state index contributed by atoms with van der Waals surface area (Å²) in [6.07, 6.45) is 2.34. The van der Waals surface area contributed by atoms with Crippen molar-refractivity contribution in [3.8, 4) is 0 Å². The Morgan fingerprint density at radius 1 is 0.833 bits per heavy atom. The molecule has 5 heteroatoms. The molecule has 4 aromatic rings. The number of fused-ring (bicyclic) bond motifs is 5. The van der Waals surface area contributed by atoms with Gasteiger partial charge >= 0.3 is 0 Å². The van der Waals surface area contributed by atoms with Crippen molar-refractivity contribution in [1.29, 1.82) is 0 Å². The summed E-state index contributed by atoms with van der Waals surface area (Å²) in [7, 11) is 0. The molecule has 1 saturated heterocycles. The molecule has 5 nitrogen and oxygen atoms in total. The van der Waals surface area contributed by atoms with Crippen LogP contribution < -0.4 is 4.90 Å². The topological polar surface area (TPSA) is 33.5 Å². The zero-order valence-corrected chi connectivity index (χ0v) is 17.4. The maximum Gasteiger partial charge on any atom is 0.0988 e. The summed E-state index contributed by atoms with van der Waals surface area (Å²) in [6.45, 7) is 8.27. The highest BCUT2D eigenvalue weighted by Crippen LogP contribution is 2.40. The van der Waals surface area contributed by atoms with Crippen molar-refractivity contribution in [1.82, 2.24) is 14.5 Å². The van der Waals surface area contributed by atoms with Crippen LogP contribution in [0, 0.1) is 0 Å². The van der Waals surface area contributed by atoms with E-state index in [2.05, 4.69) is 62.9 Å². The minimum atomic E-state index is 0.874. The Kier molecular flexibility index (Phi) is 4.58. The SMILES string of the molecule is c1ccc2c3c4c(nc2c1)c1ccccc1n4CCCN3CCCN1CCOCC1.